The van der Waals surface area contributed by atoms with Crippen molar-refractivity contribution < 1.29 is 0 Å². The zero-order valence-corrected chi connectivity index (χ0v) is 33.8. The Morgan fingerprint density at radius 3 is 1.88 bits per heavy atom. The third kappa shape index (κ3) is 4.98. The summed E-state index contributed by atoms with van der Waals surface area (Å²) in [6, 6.07) is 68.5. The van der Waals surface area contributed by atoms with Crippen LogP contribution >= 0.6 is 11.8 Å². The maximum Gasteiger partial charge on any atom is 0.179 e. The molecule has 2 unspecified atom stereocenters. The van der Waals surface area contributed by atoms with Crippen LogP contribution in [-0.4, -0.2) is 17.2 Å². The lowest BCUT2D eigenvalue weighted by molar-refractivity contribution is 0.646. The van der Waals surface area contributed by atoms with Crippen LogP contribution in [0.25, 0.3) is 44.5 Å². The highest BCUT2D eigenvalue weighted by atomic mass is 32.2. The molecule has 0 spiro atoms. The summed E-state index contributed by atoms with van der Waals surface area (Å²) in [7, 11) is -2.90. The first-order valence-corrected chi connectivity index (χ1v) is 23.3. The Morgan fingerprint density at radius 1 is 0.552 bits per heavy atom. The molecular formula is C54H40N2SSi. The highest BCUT2D eigenvalue weighted by Gasteiger charge is 2.44. The number of hydrogen-bond donors (Lipinski definition) is 0. The van der Waals surface area contributed by atoms with Crippen LogP contribution in [0.1, 0.15) is 35.2 Å². The molecule has 2 aromatic heterocycles. The molecule has 9 aromatic rings. The van der Waals surface area contributed by atoms with E-state index in [1.54, 1.807) is 0 Å². The van der Waals surface area contributed by atoms with Gasteiger partial charge in [0.1, 0.15) is 0 Å². The molecule has 1 aliphatic heterocycles. The minimum atomic E-state index is -2.90. The Bertz CT molecular complexity index is 3070. The van der Waals surface area contributed by atoms with E-state index in [0.717, 1.165) is 12.8 Å². The van der Waals surface area contributed by atoms with Crippen LogP contribution in [0.15, 0.2) is 215 Å². The number of benzene rings is 7. The van der Waals surface area contributed by atoms with Gasteiger partial charge in [0.15, 0.2) is 8.07 Å². The van der Waals surface area contributed by atoms with Gasteiger partial charge in [-0.1, -0.05) is 176 Å². The second-order valence-corrected chi connectivity index (χ2v) is 20.8. The molecule has 0 fully saturated rings. The van der Waals surface area contributed by atoms with Gasteiger partial charge >= 0.3 is 0 Å². The second-order valence-electron chi connectivity index (χ2n) is 15.9. The van der Waals surface area contributed by atoms with Gasteiger partial charge in [-0.25, -0.2) is 0 Å². The van der Waals surface area contributed by atoms with Gasteiger partial charge in [0, 0.05) is 43.7 Å². The monoisotopic (exact) mass is 776 g/mol. The number of aromatic nitrogens is 2. The molecule has 7 aromatic carbocycles. The molecule has 0 bridgehead atoms. The zero-order chi connectivity index (χ0) is 38.2. The summed E-state index contributed by atoms with van der Waals surface area (Å²) in [5.74, 6) is 0.419. The zero-order valence-electron chi connectivity index (χ0n) is 32.0. The standard InChI is InChI=1S/C54H40N2SSi/c1-3-19-39(20-4-1)58(40-21-5-2-6-22-40,41-23-15-17-37(33-41)55-49-29-11-7-25-43(49)44-26-8-12-30-50(44)55)42-24-16-18-38(34-42)56-51-31-13-9-27-45(51)47-35-48-46-28-10-14-32-53(46)57-54(48)36-52(47)56/h1-16,18-34,36-37,48H,17,35H2. The van der Waals surface area contributed by atoms with Gasteiger partial charge in [-0.2, -0.15) is 0 Å². The van der Waals surface area contributed by atoms with Gasteiger partial charge in [-0.15, -0.1) is 0 Å². The molecule has 2 aliphatic carbocycles. The number of rotatable bonds is 6. The molecule has 2 atom stereocenters. The van der Waals surface area contributed by atoms with Crippen molar-refractivity contribution >= 4 is 74.2 Å². The molecule has 0 radical (unpaired) electrons. The molecule has 0 saturated carbocycles. The van der Waals surface area contributed by atoms with E-state index in [1.165, 1.54) is 85.8 Å². The molecule has 3 aliphatic rings. The summed E-state index contributed by atoms with van der Waals surface area (Å²) in [6.45, 7) is 0. The smallest absolute Gasteiger partial charge is 0.179 e. The van der Waals surface area contributed by atoms with Crippen LogP contribution in [0.2, 0.25) is 0 Å². The van der Waals surface area contributed by atoms with Crippen LogP contribution in [0, 0.1) is 0 Å². The lowest BCUT2D eigenvalue weighted by atomic mass is 9.86. The van der Waals surface area contributed by atoms with Crippen molar-refractivity contribution in [3.63, 3.8) is 0 Å². The average Bonchev–Trinajstić information content (AvgIpc) is 3.94. The SMILES string of the molecule is C1=CC([Si](c2ccccc2)(c2ccccc2)c2cccc(-n3c4c(c5ccccc53)CC3C(=C4)Sc4ccccc43)c2)=CC(n2c3ccccc3c3ccccc32)C1. The van der Waals surface area contributed by atoms with Gasteiger partial charge in [0.2, 0.25) is 0 Å². The number of allylic oxidation sites excluding steroid dienone is 5. The van der Waals surface area contributed by atoms with Gasteiger partial charge < -0.3 is 9.13 Å². The average molecular weight is 777 g/mol. The maximum atomic E-state index is 2.63. The second kappa shape index (κ2) is 13.4. The molecular weight excluding hydrogens is 737 g/mol. The van der Waals surface area contributed by atoms with E-state index in [9.17, 15) is 0 Å². The van der Waals surface area contributed by atoms with Crippen molar-refractivity contribution in [2.45, 2.75) is 29.7 Å². The van der Waals surface area contributed by atoms with Crippen molar-refractivity contribution in [1.82, 2.24) is 9.13 Å². The third-order valence-electron chi connectivity index (χ3n) is 13.0. The third-order valence-corrected chi connectivity index (χ3v) is 19.0. The summed E-state index contributed by atoms with van der Waals surface area (Å²) in [5, 5.41) is 9.57. The Balaban J connectivity index is 1.10. The predicted molar refractivity (Wildman–Crippen MR) is 248 cm³/mol. The summed E-state index contributed by atoms with van der Waals surface area (Å²) in [5.41, 5.74) is 9.31. The topological polar surface area (TPSA) is 9.86 Å². The summed E-state index contributed by atoms with van der Waals surface area (Å²) in [4.78, 5) is 2.86. The Hall–Kier alpha value is -6.33. The molecule has 12 rings (SSSR count). The molecule has 4 heteroatoms. The van der Waals surface area contributed by atoms with Gasteiger partial charge in [-0.3, -0.25) is 0 Å². The van der Waals surface area contributed by atoms with Crippen LogP contribution < -0.4 is 15.6 Å². The lowest BCUT2D eigenvalue weighted by Gasteiger charge is -2.37. The number of para-hydroxylation sites is 3. The first-order valence-electron chi connectivity index (χ1n) is 20.5. The van der Waals surface area contributed by atoms with Crippen LogP contribution in [-0.2, 0) is 6.42 Å². The Labute approximate surface area is 344 Å². The van der Waals surface area contributed by atoms with Crippen molar-refractivity contribution in [3.05, 3.63) is 227 Å². The Morgan fingerprint density at radius 2 is 1.16 bits per heavy atom. The molecule has 58 heavy (non-hydrogen) atoms. The van der Waals surface area contributed by atoms with E-state index < -0.39 is 8.07 Å². The van der Waals surface area contributed by atoms with Crippen LogP contribution in [0.4, 0.5) is 0 Å². The fourth-order valence-corrected chi connectivity index (χ4v) is 16.7. The summed E-state index contributed by atoms with van der Waals surface area (Å²) < 4.78 is 5.15. The molecule has 0 saturated heterocycles. The van der Waals surface area contributed by atoms with E-state index >= 15 is 0 Å². The summed E-state index contributed by atoms with van der Waals surface area (Å²) in [6.07, 6.45) is 12.0. The van der Waals surface area contributed by atoms with Gasteiger partial charge in [0.25, 0.3) is 0 Å². The maximum absolute atomic E-state index is 2.90. The van der Waals surface area contributed by atoms with E-state index in [-0.39, 0.29) is 6.04 Å². The highest BCUT2D eigenvalue weighted by molar-refractivity contribution is 8.03. The van der Waals surface area contributed by atoms with E-state index in [2.05, 4.69) is 215 Å². The van der Waals surface area contributed by atoms with Crippen LogP contribution in [0.3, 0.4) is 0 Å². The first-order chi connectivity index (χ1) is 28.8. The normalized spacial score (nSPS) is 17.2. The number of fused-ring (bicyclic) bond motifs is 9. The number of thioether (sulfide) groups is 1. The molecule has 2 nitrogen and oxygen atoms in total. The molecule has 0 amide bonds. The molecule has 0 N–H and O–H groups in total. The fourth-order valence-electron chi connectivity index (χ4n) is 10.5. The highest BCUT2D eigenvalue weighted by Crippen LogP contribution is 2.54. The van der Waals surface area contributed by atoms with E-state index in [0.29, 0.717) is 5.92 Å². The van der Waals surface area contributed by atoms with E-state index in [4.69, 9.17) is 0 Å². The minimum absolute atomic E-state index is 0.167. The lowest BCUT2D eigenvalue weighted by Crippen LogP contribution is -2.68. The number of nitrogens with zero attached hydrogens (tertiary/aromatic N) is 2. The predicted octanol–water partition coefficient (Wildman–Crippen LogP) is 11.7. The van der Waals surface area contributed by atoms with Gasteiger partial charge in [0.05, 0.1) is 17.3 Å². The summed E-state index contributed by atoms with van der Waals surface area (Å²) >= 11 is 1.96. The van der Waals surface area contributed by atoms with Crippen molar-refractivity contribution in [1.29, 1.82) is 0 Å². The van der Waals surface area contributed by atoms with E-state index in [1.807, 2.05) is 11.8 Å². The largest absolute Gasteiger partial charge is 0.333 e. The van der Waals surface area contributed by atoms with Crippen molar-refractivity contribution in [3.8, 4) is 5.69 Å². The molecule has 276 valence electrons. The van der Waals surface area contributed by atoms with Crippen LogP contribution in [0.5, 0.6) is 0 Å². The minimum Gasteiger partial charge on any atom is -0.333 e. The molecule has 3 heterocycles. The Kier molecular flexibility index (Phi) is 7.79. The van der Waals surface area contributed by atoms with Crippen molar-refractivity contribution in [2.24, 2.45) is 0 Å². The fraction of sp³-hybridized carbons (Fsp3) is 0.0741. The number of hydrogen-bond acceptors (Lipinski definition) is 1. The van der Waals surface area contributed by atoms with Gasteiger partial charge in [-0.05, 0) is 92.1 Å². The first kappa shape index (κ1) is 33.8. The van der Waals surface area contributed by atoms with Crippen molar-refractivity contribution in [2.75, 3.05) is 0 Å². The quantitative estimate of drug-likeness (QED) is 0.121.